The van der Waals surface area contributed by atoms with Crippen LogP contribution in [0.4, 0.5) is 0 Å². The van der Waals surface area contributed by atoms with E-state index < -0.39 is 0 Å². The summed E-state index contributed by atoms with van der Waals surface area (Å²) in [4.78, 5) is 0. The maximum absolute atomic E-state index is 9.61. The summed E-state index contributed by atoms with van der Waals surface area (Å²) >= 11 is 0. The van der Waals surface area contributed by atoms with E-state index in [1.807, 2.05) is 6.92 Å². The fraction of sp³-hybridized carbons (Fsp3) is 1.00. The molecule has 0 aliphatic heterocycles. The van der Waals surface area contributed by atoms with Crippen LogP contribution < -0.4 is 5.73 Å². The molecule has 0 aromatic carbocycles. The van der Waals surface area contributed by atoms with Crippen molar-refractivity contribution in [3.63, 3.8) is 0 Å². The maximum atomic E-state index is 9.61. The topological polar surface area (TPSA) is 46.2 Å². The van der Waals surface area contributed by atoms with Gasteiger partial charge in [0.2, 0.25) is 0 Å². The van der Waals surface area contributed by atoms with Crippen LogP contribution in [0.15, 0.2) is 0 Å². The highest BCUT2D eigenvalue weighted by atomic mass is 16.3. The fourth-order valence-electron chi connectivity index (χ4n) is 2.99. The SMILES string of the molecule is CCCCCCCCCCCCCCCCC[C@@H](O)[C@H](C)N. The van der Waals surface area contributed by atoms with Gasteiger partial charge in [-0.05, 0) is 13.3 Å². The molecular weight excluding hydrogens is 270 g/mol. The largest absolute Gasteiger partial charge is 0.392 e. The van der Waals surface area contributed by atoms with Crippen LogP contribution in [-0.4, -0.2) is 17.3 Å². The Bertz CT molecular complexity index is 206. The Morgan fingerprint density at radius 2 is 0.955 bits per heavy atom. The number of aliphatic hydroxyl groups is 1. The van der Waals surface area contributed by atoms with Crippen LogP contribution in [0, 0.1) is 0 Å². The predicted octanol–water partition coefficient (Wildman–Crippen LogP) is 5.96. The molecule has 22 heavy (non-hydrogen) atoms. The third kappa shape index (κ3) is 16.3. The van der Waals surface area contributed by atoms with E-state index in [-0.39, 0.29) is 12.1 Å². The number of aliphatic hydroxyl groups excluding tert-OH is 1. The Labute approximate surface area is 140 Å². The molecule has 0 bridgehead atoms. The lowest BCUT2D eigenvalue weighted by Gasteiger charge is -2.13. The van der Waals surface area contributed by atoms with Crippen LogP contribution in [0.1, 0.15) is 117 Å². The minimum atomic E-state index is -0.304. The Hall–Kier alpha value is -0.0800. The van der Waals surface area contributed by atoms with Gasteiger partial charge in [0.1, 0.15) is 0 Å². The normalized spacial score (nSPS) is 14.2. The van der Waals surface area contributed by atoms with Gasteiger partial charge in [-0.1, -0.05) is 103 Å². The summed E-state index contributed by atoms with van der Waals surface area (Å²) in [6.07, 6.45) is 21.3. The third-order valence-corrected chi connectivity index (χ3v) is 4.71. The zero-order valence-corrected chi connectivity index (χ0v) is 15.5. The summed E-state index contributed by atoms with van der Waals surface area (Å²) in [5.74, 6) is 0. The minimum Gasteiger partial charge on any atom is -0.392 e. The summed E-state index contributed by atoms with van der Waals surface area (Å²) in [7, 11) is 0. The zero-order chi connectivity index (χ0) is 16.5. The Balaban J connectivity index is 3.03. The van der Waals surface area contributed by atoms with Crippen LogP contribution >= 0.6 is 0 Å². The van der Waals surface area contributed by atoms with E-state index in [9.17, 15) is 5.11 Å². The molecule has 0 saturated heterocycles. The van der Waals surface area contributed by atoms with Crippen molar-refractivity contribution in [2.45, 2.75) is 129 Å². The minimum absolute atomic E-state index is 0.0772. The fourth-order valence-corrected chi connectivity index (χ4v) is 2.99. The van der Waals surface area contributed by atoms with Crippen molar-refractivity contribution in [1.82, 2.24) is 0 Å². The first-order chi connectivity index (χ1) is 10.7. The number of hydrogen-bond acceptors (Lipinski definition) is 2. The average Bonchev–Trinajstić information content (AvgIpc) is 2.50. The quantitative estimate of drug-likeness (QED) is 0.326. The standard InChI is InChI=1S/C20H43NO/c1-3-4-5-6-7-8-9-10-11-12-13-14-15-16-17-18-20(22)19(2)21/h19-20,22H,3-18,21H2,1-2H3/t19-,20+/m0/s1. The molecule has 2 nitrogen and oxygen atoms in total. The molecule has 0 saturated carbocycles. The Morgan fingerprint density at radius 3 is 1.27 bits per heavy atom. The molecule has 0 rings (SSSR count). The predicted molar refractivity (Wildman–Crippen MR) is 99.2 cm³/mol. The summed E-state index contributed by atoms with van der Waals surface area (Å²) in [5, 5.41) is 9.61. The van der Waals surface area contributed by atoms with Crippen LogP contribution in [0.5, 0.6) is 0 Å². The summed E-state index contributed by atoms with van der Waals surface area (Å²) in [6, 6.07) is -0.0772. The number of unbranched alkanes of at least 4 members (excludes halogenated alkanes) is 14. The van der Waals surface area contributed by atoms with E-state index >= 15 is 0 Å². The molecule has 0 fully saturated rings. The van der Waals surface area contributed by atoms with E-state index in [2.05, 4.69) is 6.92 Å². The van der Waals surface area contributed by atoms with Gasteiger partial charge in [0.15, 0.2) is 0 Å². The monoisotopic (exact) mass is 313 g/mol. The van der Waals surface area contributed by atoms with Crippen LogP contribution in [-0.2, 0) is 0 Å². The van der Waals surface area contributed by atoms with E-state index in [1.165, 1.54) is 89.9 Å². The molecule has 0 spiro atoms. The van der Waals surface area contributed by atoms with Crippen molar-refractivity contribution in [2.75, 3.05) is 0 Å². The van der Waals surface area contributed by atoms with Gasteiger partial charge in [-0.3, -0.25) is 0 Å². The van der Waals surface area contributed by atoms with E-state index in [1.54, 1.807) is 0 Å². The van der Waals surface area contributed by atoms with Crippen molar-refractivity contribution in [1.29, 1.82) is 0 Å². The summed E-state index contributed by atoms with van der Waals surface area (Å²) in [5.41, 5.74) is 5.65. The first kappa shape index (κ1) is 21.9. The van der Waals surface area contributed by atoms with Crippen molar-refractivity contribution < 1.29 is 5.11 Å². The molecule has 2 atom stereocenters. The van der Waals surface area contributed by atoms with E-state index in [0.717, 1.165) is 12.8 Å². The second kappa shape index (κ2) is 17.3. The second-order valence-electron chi connectivity index (χ2n) is 7.16. The molecule has 0 aliphatic carbocycles. The van der Waals surface area contributed by atoms with E-state index in [4.69, 9.17) is 5.73 Å². The molecule has 0 heterocycles. The molecule has 3 N–H and O–H groups in total. The Kier molecular flexibility index (Phi) is 17.2. The van der Waals surface area contributed by atoms with Gasteiger partial charge >= 0.3 is 0 Å². The van der Waals surface area contributed by atoms with Gasteiger partial charge in [0.05, 0.1) is 6.10 Å². The molecule has 0 aliphatic rings. The smallest absolute Gasteiger partial charge is 0.0688 e. The van der Waals surface area contributed by atoms with Gasteiger partial charge < -0.3 is 10.8 Å². The molecule has 0 aromatic heterocycles. The molecule has 134 valence electrons. The summed E-state index contributed by atoms with van der Waals surface area (Å²) < 4.78 is 0. The van der Waals surface area contributed by atoms with Gasteiger partial charge in [-0.25, -0.2) is 0 Å². The van der Waals surface area contributed by atoms with Crippen molar-refractivity contribution >= 4 is 0 Å². The number of rotatable bonds is 17. The molecule has 0 radical (unpaired) electrons. The van der Waals surface area contributed by atoms with Crippen LogP contribution in [0.2, 0.25) is 0 Å². The second-order valence-corrected chi connectivity index (χ2v) is 7.16. The number of nitrogens with two attached hydrogens (primary N) is 1. The number of hydrogen-bond donors (Lipinski definition) is 2. The maximum Gasteiger partial charge on any atom is 0.0688 e. The van der Waals surface area contributed by atoms with Gasteiger partial charge in [0.25, 0.3) is 0 Å². The highest BCUT2D eigenvalue weighted by Crippen LogP contribution is 2.14. The first-order valence-corrected chi connectivity index (χ1v) is 10.1. The van der Waals surface area contributed by atoms with Crippen molar-refractivity contribution in [2.24, 2.45) is 5.73 Å². The van der Waals surface area contributed by atoms with E-state index in [0.29, 0.717) is 0 Å². The zero-order valence-electron chi connectivity index (χ0n) is 15.5. The van der Waals surface area contributed by atoms with Gasteiger partial charge in [-0.15, -0.1) is 0 Å². The van der Waals surface area contributed by atoms with Crippen molar-refractivity contribution in [3.05, 3.63) is 0 Å². The van der Waals surface area contributed by atoms with Crippen molar-refractivity contribution in [3.8, 4) is 0 Å². The molecule has 0 aromatic rings. The molecule has 0 amide bonds. The third-order valence-electron chi connectivity index (χ3n) is 4.71. The lowest BCUT2D eigenvalue weighted by molar-refractivity contribution is 0.138. The van der Waals surface area contributed by atoms with Gasteiger partial charge in [-0.2, -0.15) is 0 Å². The highest BCUT2D eigenvalue weighted by molar-refractivity contribution is 4.65. The van der Waals surface area contributed by atoms with Crippen LogP contribution in [0.3, 0.4) is 0 Å². The highest BCUT2D eigenvalue weighted by Gasteiger charge is 2.07. The first-order valence-electron chi connectivity index (χ1n) is 10.1. The average molecular weight is 314 g/mol. The lowest BCUT2D eigenvalue weighted by Crippen LogP contribution is -2.31. The molecule has 0 unspecified atom stereocenters. The molecule has 2 heteroatoms. The summed E-state index contributed by atoms with van der Waals surface area (Å²) in [6.45, 7) is 4.17. The van der Waals surface area contributed by atoms with Crippen LogP contribution in [0.25, 0.3) is 0 Å². The Morgan fingerprint density at radius 1 is 0.636 bits per heavy atom. The molecular formula is C20H43NO. The van der Waals surface area contributed by atoms with Gasteiger partial charge in [0, 0.05) is 6.04 Å². The lowest BCUT2D eigenvalue weighted by atomic mass is 10.0.